The highest BCUT2D eigenvalue weighted by atomic mass is 16.2. The van der Waals surface area contributed by atoms with Gasteiger partial charge in [0.1, 0.15) is 6.07 Å². The van der Waals surface area contributed by atoms with Crippen molar-refractivity contribution in [1.29, 1.82) is 5.26 Å². The topological polar surface area (TPSA) is 87.0 Å². The zero-order valence-electron chi connectivity index (χ0n) is 27.9. The van der Waals surface area contributed by atoms with Crippen LogP contribution in [0, 0.1) is 61.6 Å². The first kappa shape index (κ1) is 31.2. The average molecular weight is 575 g/mol. The summed E-state index contributed by atoms with van der Waals surface area (Å²) in [6.07, 6.45) is 12.3. The lowest BCUT2D eigenvalue weighted by molar-refractivity contribution is -0.173. The minimum Gasteiger partial charge on any atom is -0.352 e. The molecule has 0 aromatic heterocycles. The predicted molar refractivity (Wildman–Crippen MR) is 166 cm³/mol. The number of rotatable bonds is 3. The number of fused-ring (bicyclic) bond motifs is 7. The summed E-state index contributed by atoms with van der Waals surface area (Å²) in [5.74, 6) is 0.496. The summed E-state index contributed by atoms with van der Waals surface area (Å²) >= 11 is 0. The van der Waals surface area contributed by atoms with Gasteiger partial charge in [0.2, 0.25) is 5.91 Å². The van der Waals surface area contributed by atoms with E-state index in [0.29, 0.717) is 6.42 Å². The van der Waals surface area contributed by atoms with Crippen LogP contribution in [0.25, 0.3) is 0 Å². The molecule has 7 atom stereocenters. The quantitative estimate of drug-likeness (QED) is 0.371. The Morgan fingerprint density at radius 1 is 1.00 bits per heavy atom. The van der Waals surface area contributed by atoms with E-state index in [4.69, 9.17) is 0 Å². The molecule has 3 fully saturated rings. The van der Waals surface area contributed by atoms with E-state index in [1.807, 2.05) is 46.8 Å². The number of carbonyl (C=O) groups is 3. The maximum Gasteiger partial charge on any atom is 0.220 e. The van der Waals surface area contributed by atoms with Crippen molar-refractivity contribution < 1.29 is 14.4 Å². The molecule has 1 N–H and O–H groups in total. The number of nitriles is 1. The zero-order valence-corrected chi connectivity index (χ0v) is 27.9. The molecule has 5 heteroatoms. The van der Waals surface area contributed by atoms with Gasteiger partial charge >= 0.3 is 0 Å². The van der Waals surface area contributed by atoms with E-state index >= 15 is 0 Å². The van der Waals surface area contributed by atoms with Crippen LogP contribution in [0.2, 0.25) is 0 Å². The van der Waals surface area contributed by atoms with Crippen molar-refractivity contribution in [3.8, 4) is 6.07 Å². The average Bonchev–Trinajstić information content (AvgIpc) is 2.85. The predicted octanol–water partition coefficient (Wildman–Crippen LogP) is 7.90. The molecule has 5 nitrogen and oxygen atoms in total. The Balaban J connectivity index is 1.59. The van der Waals surface area contributed by atoms with Crippen LogP contribution in [-0.4, -0.2) is 23.0 Å². The number of allylic oxidation sites excluding steroid dienone is 4. The van der Waals surface area contributed by atoms with Crippen LogP contribution in [0.3, 0.4) is 0 Å². The van der Waals surface area contributed by atoms with Crippen molar-refractivity contribution in [3.63, 3.8) is 0 Å². The maximum absolute atomic E-state index is 14.6. The molecule has 0 aliphatic heterocycles. The second kappa shape index (κ2) is 9.39. The third-order valence-corrected chi connectivity index (χ3v) is 13.4. The van der Waals surface area contributed by atoms with Crippen molar-refractivity contribution in [2.24, 2.45) is 50.2 Å². The second-order valence-corrected chi connectivity index (χ2v) is 17.9. The first-order valence-corrected chi connectivity index (χ1v) is 16.4. The van der Waals surface area contributed by atoms with Crippen molar-refractivity contribution in [1.82, 2.24) is 5.32 Å². The first-order valence-electron chi connectivity index (χ1n) is 16.4. The van der Waals surface area contributed by atoms with Gasteiger partial charge in [0.05, 0.1) is 5.57 Å². The Hall–Kier alpha value is -2.22. The molecule has 3 saturated carbocycles. The zero-order chi connectivity index (χ0) is 31.3. The number of hydrogen-bond donors (Lipinski definition) is 1. The molecule has 1 amide bonds. The van der Waals surface area contributed by atoms with E-state index < -0.39 is 10.8 Å². The molecule has 0 spiro atoms. The lowest BCUT2D eigenvalue weighted by atomic mass is 9.34. The Morgan fingerprint density at radius 2 is 1.64 bits per heavy atom. The molecule has 5 aliphatic carbocycles. The number of carbonyl (C=O) groups excluding carboxylic acids is 3. The Labute approximate surface area is 254 Å². The van der Waals surface area contributed by atoms with E-state index in [1.54, 1.807) is 0 Å². The van der Waals surface area contributed by atoms with Crippen molar-refractivity contribution in [2.75, 3.05) is 0 Å². The number of hydrogen-bond acceptors (Lipinski definition) is 4. The van der Waals surface area contributed by atoms with Crippen LogP contribution < -0.4 is 5.32 Å². The van der Waals surface area contributed by atoms with E-state index in [0.717, 1.165) is 56.9 Å². The summed E-state index contributed by atoms with van der Waals surface area (Å²) in [5, 5.41) is 13.1. The fraction of sp³-hybridized carbons (Fsp3) is 0.784. The summed E-state index contributed by atoms with van der Waals surface area (Å²) in [6, 6.07) is 2.21. The van der Waals surface area contributed by atoms with E-state index in [9.17, 15) is 19.6 Å². The number of Topliss-reactive ketones (excluding diaryl/α,β-unsaturated/α-hetero) is 1. The van der Waals surface area contributed by atoms with E-state index in [2.05, 4.69) is 46.0 Å². The van der Waals surface area contributed by atoms with Gasteiger partial charge in [-0.15, -0.1) is 0 Å². The first-order chi connectivity index (χ1) is 19.2. The minimum absolute atomic E-state index is 0.000514. The molecule has 0 aromatic rings. The monoisotopic (exact) mass is 574 g/mol. The fourth-order valence-electron chi connectivity index (χ4n) is 11.0. The number of nitrogens with zero attached hydrogens (tertiary/aromatic N) is 1. The van der Waals surface area contributed by atoms with Gasteiger partial charge < -0.3 is 5.32 Å². The molecule has 5 aliphatic rings. The lowest BCUT2D eigenvalue weighted by Crippen LogP contribution is -2.64. The lowest BCUT2D eigenvalue weighted by Gasteiger charge is -2.69. The maximum atomic E-state index is 14.6. The van der Waals surface area contributed by atoms with E-state index in [-0.39, 0.29) is 68.0 Å². The van der Waals surface area contributed by atoms with Crippen LogP contribution in [0.1, 0.15) is 127 Å². The van der Waals surface area contributed by atoms with Gasteiger partial charge in [-0.1, -0.05) is 60.1 Å². The molecule has 0 aromatic carbocycles. The van der Waals surface area contributed by atoms with Crippen molar-refractivity contribution in [3.05, 3.63) is 23.3 Å². The Morgan fingerprint density at radius 3 is 2.26 bits per heavy atom. The van der Waals surface area contributed by atoms with Gasteiger partial charge in [-0.3, -0.25) is 14.4 Å². The van der Waals surface area contributed by atoms with Gasteiger partial charge in [0, 0.05) is 28.7 Å². The summed E-state index contributed by atoms with van der Waals surface area (Å²) in [6.45, 7) is 21.7. The second-order valence-electron chi connectivity index (χ2n) is 17.9. The highest BCUT2D eigenvalue weighted by molar-refractivity contribution is 6.04. The van der Waals surface area contributed by atoms with Gasteiger partial charge in [0.15, 0.2) is 11.6 Å². The molecule has 0 bridgehead atoms. The smallest absolute Gasteiger partial charge is 0.220 e. The van der Waals surface area contributed by atoms with Gasteiger partial charge in [-0.25, -0.2) is 0 Å². The molecule has 230 valence electrons. The summed E-state index contributed by atoms with van der Waals surface area (Å²) in [5.41, 5.74) is -0.288. The Kier molecular flexibility index (Phi) is 6.98. The van der Waals surface area contributed by atoms with Crippen molar-refractivity contribution >= 4 is 17.5 Å². The highest BCUT2D eigenvalue weighted by Crippen LogP contribution is 2.75. The van der Waals surface area contributed by atoms with Crippen LogP contribution in [0.15, 0.2) is 23.3 Å². The standard InChI is InChI=1S/C37H54N2O3/c1-31(2,3)39-28(41)12-14-37-17-15-32(4,5)21-24(37)29-25(40)19-27-34(8)20-23(22-38)30(42)33(6,7)26(34)11-13-35(27,9)36(29,10)16-18-37/h19-20,24,26,29H,11-18,21H2,1-10H3,(H,39,41). The number of amides is 1. The molecular weight excluding hydrogens is 520 g/mol. The van der Waals surface area contributed by atoms with Crippen LogP contribution in [-0.2, 0) is 14.4 Å². The molecule has 0 heterocycles. The molecule has 5 rings (SSSR count). The highest BCUT2D eigenvalue weighted by Gasteiger charge is 2.69. The third-order valence-electron chi connectivity index (χ3n) is 13.4. The van der Waals surface area contributed by atoms with Crippen molar-refractivity contribution in [2.45, 2.75) is 133 Å². The van der Waals surface area contributed by atoms with Gasteiger partial charge in [0.25, 0.3) is 0 Å². The van der Waals surface area contributed by atoms with Crippen LogP contribution in [0.5, 0.6) is 0 Å². The SMILES string of the molecule is CC1(C)CCC2(CCC(=O)NC(C)(C)C)CCC3(C)C(C(=O)C=C4C5(C)C=C(C#N)C(=O)C(C)(C)C5CCC43C)C2C1. The molecule has 7 unspecified atom stereocenters. The third kappa shape index (κ3) is 4.40. The molecular formula is C37H54N2O3. The number of ketones is 2. The number of nitrogens with one attached hydrogen (secondary N) is 1. The summed E-state index contributed by atoms with van der Waals surface area (Å²) in [4.78, 5) is 41.0. The molecule has 42 heavy (non-hydrogen) atoms. The van der Waals surface area contributed by atoms with Gasteiger partial charge in [-0.05, 0) is 112 Å². The fourth-order valence-corrected chi connectivity index (χ4v) is 11.0. The Bertz CT molecular complexity index is 1320. The summed E-state index contributed by atoms with van der Waals surface area (Å²) < 4.78 is 0. The minimum atomic E-state index is -0.653. The molecule has 0 radical (unpaired) electrons. The largest absolute Gasteiger partial charge is 0.352 e. The van der Waals surface area contributed by atoms with Gasteiger partial charge in [-0.2, -0.15) is 5.26 Å². The molecule has 0 saturated heterocycles. The summed E-state index contributed by atoms with van der Waals surface area (Å²) in [7, 11) is 0. The normalized spacial score (nSPS) is 42.1. The van der Waals surface area contributed by atoms with Crippen LogP contribution in [0.4, 0.5) is 0 Å². The van der Waals surface area contributed by atoms with Crippen LogP contribution >= 0.6 is 0 Å². The van der Waals surface area contributed by atoms with E-state index in [1.165, 1.54) is 0 Å².